The number of carbonyl (C=O) groups is 1. The van der Waals surface area contributed by atoms with Crippen molar-refractivity contribution in [2.24, 2.45) is 0 Å². The second-order valence-corrected chi connectivity index (χ2v) is 3.69. The monoisotopic (exact) mass is 254 g/mol. The highest BCUT2D eigenvalue weighted by Gasteiger charge is 2.37. The van der Waals surface area contributed by atoms with Gasteiger partial charge in [-0.05, 0) is 6.07 Å². The second-order valence-electron chi connectivity index (χ2n) is 3.69. The van der Waals surface area contributed by atoms with Crippen molar-refractivity contribution in [2.75, 3.05) is 27.9 Å². The van der Waals surface area contributed by atoms with Crippen LogP contribution in [-0.4, -0.2) is 39.0 Å². The zero-order valence-corrected chi connectivity index (χ0v) is 10.4. The van der Waals surface area contributed by atoms with E-state index < -0.39 is 12.1 Å². The van der Waals surface area contributed by atoms with Crippen molar-refractivity contribution in [3.8, 4) is 17.2 Å². The molecule has 0 saturated carbocycles. The Labute approximate surface area is 104 Å². The second kappa shape index (κ2) is 4.73. The molecule has 0 aromatic heterocycles. The number of esters is 1. The molecule has 1 aliphatic rings. The number of hydrogen-bond donors (Lipinski definition) is 1. The average Bonchev–Trinajstić information content (AvgIpc) is 2.72. The lowest BCUT2D eigenvalue weighted by Gasteiger charge is -2.14. The van der Waals surface area contributed by atoms with Crippen LogP contribution in [-0.2, 0) is 4.74 Å². The fourth-order valence-electron chi connectivity index (χ4n) is 2.03. The Balaban J connectivity index is 2.70. The standard InChI is InChI=1S/C12H14O6/c1-15-7-4-6-8(5-13)18-12(14)9(6)11(17-3)10(7)16-2/h4,8,13H,5H2,1-3H3. The van der Waals surface area contributed by atoms with Crippen LogP contribution in [0.4, 0.5) is 0 Å². The lowest BCUT2D eigenvalue weighted by molar-refractivity contribution is 0.0234. The summed E-state index contributed by atoms with van der Waals surface area (Å²) in [7, 11) is 4.36. The summed E-state index contributed by atoms with van der Waals surface area (Å²) in [6.45, 7) is -0.294. The number of carbonyl (C=O) groups excluding carboxylic acids is 1. The Morgan fingerprint density at radius 3 is 2.39 bits per heavy atom. The van der Waals surface area contributed by atoms with Crippen LogP contribution in [0, 0.1) is 0 Å². The summed E-state index contributed by atoms with van der Waals surface area (Å²) < 4.78 is 20.6. The highest BCUT2D eigenvalue weighted by atomic mass is 16.6. The van der Waals surface area contributed by atoms with E-state index in [1.165, 1.54) is 21.3 Å². The van der Waals surface area contributed by atoms with Gasteiger partial charge in [0.2, 0.25) is 5.75 Å². The molecule has 0 fully saturated rings. The first-order valence-electron chi connectivity index (χ1n) is 5.32. The van der Waals surface area contributed by atoms with E-state index in [-0.39, 0.29) is 17.9 Å². The maximum atomic E-state index is 11.8. The molecule has 1 heterocycles. The average molecular weight is 254 g/mol. The van der Waals surface area contributed by atoms with Gasteiger partial charge < -0.3 is 24.1 Å². The Morgan fingerprint density at radius 2 is 1.89 bits per heavy atom. The molecule has 98 valence electrons. The normalized spacial score (nSPS) is 17.1. The molecule has 0 radical (unpaired) electrons. The van der Waals surface area contributed by atoms with E-state index in [1.807, 2.05) is 0 Å². The van der Waals surface area contributed by atoms with Gasteiger partial charge in [0.05, 0.1) is 27.9 Å². The van der Waals surface area contributed by atoms with Crippen LogP contribution in [0.3, 0.4) is 0 Å². The van der Waals surface area contributed by atoms with Crippen LogP contribution >= 0.6 is 0 Å². The molecule has 0 saturated heterocycles. The van der Waals surface area contributed by atoms with Gasteiger partial charge in [0, 0.05) is 5.56 Å². The van der Waals surface area contributed by atoms with Crippen molar-refractivity contribution in [2.45, 2.75) is 6.10 Å². The summed E-state index contributed by atoms with van der Waals surface area (Å²) in [5, 5.41) is 9.19. The van der Waals surface area contributed by atoms with Gasteiger partial charge in [-0.1, -0.05) is 0 Å². The fraction of sp³-hybridized carbons (Fsp3) is 0.417. The van der Waals surface area contributed by atoms with Crippen LogP contribution in [0.1, 0.15) is 22.0 Å². The Bertz CT molecular complexity index is 482. The van der Waals surface area contributed by atoms with Crippen LogP contribution < -0.4 is 14.2 Å². The molecule has 0 amide bonds. The summed E-state index contributed by atoms with van der Waals surface area (Å²) in [4.78, 5) is 11.8. The van der Waals surface area contributed by atoms with Gasteiger partial charge in [-0.3, -0.25) is 0 Å². The van der Waals surface area contributed by atoms with E-state index >= 15 is 0 Å². The van der Waals surface area contributed by atoms with Crippen molar-refractivity contribution in [3.63, 3.8) is 0 Å². The number of benzene rings is 1. The number of aliphatic hydroxyl groups excluding tert-OH is 1. The summed E-state index contributed by atoms with van der Waals surface area (Å²) in [5.41, 5.74) is 0.811. The lowest BCUT2D eigenvalue weighted by Crippen LogP contribution is -2.03. The predicted octanol–water partition coefficient (Wildman–Crippen LogP) is 0.916. The van der Waals surface area contributed by atoms with E-state index in [2.05, 4.69) is 0 Å². The first kappa shape index (κ1) is 12.5. The van der Waals surface area contributed by atoms with Gasteiger partial charge in [0.25, 0.3) is 0 Å². The van der Waals surface area contributed by atoms with Crippen molar-refractivity contribution in [1.82, 2.24) is 0 Å². The maximum Gasteiger partial charge on any atom is 0.343 e. The number of aliphatic hydroxyl groups is 1. The highest BCUT2D eigenvalue weighted by molar-refractivity contribution is 5.98. The minimum absolute atomic E-state index is 0.257. The number of cyclic esters (lactones) is 1. The van der Waals surface area contributed by atoms with Gasteiger partial charge in [-0.15, -0.1) is 0 Å². The summed E-state index contributed by atoms with van der Waals surface area (Å²) in [6, 6.07) is 1.61. The molecule has 0 spiro atoms. The fourth-order valence-corrected chi connectivity index (χ4v) is 2.03. The van der Waals surface area contributed by atoms with Crippen molar-refractivity contribution in [3.05, 3.63) is 17.2 Å². The van der Waals surface area contributed by atoms with Gasteiger partial charge >= 0.3 is 5.97 Å². The third-order valence-corrected chi connectivity index (χ3v) is 2.83. The Kier molecular flexibility index (Phi) is 3.29. The first-order chi connectivity index (χ1) is 8.67. The molecular formula is C12H14O6. The quantitative estimate of drug-likeness (QED) is 0.805. The number of fused-ring (bicyclic) bond motifs is 1. The van der Waals surface area contributed by atoms with E-state index in [1.54, 1.807) is 6.07 Å². The zero-order chi connectivity index (χ0) is 13.3. The molecule has 1 N–H and O–H groups in total. The van der Waals surface area contributed by atoms with Crippen molar-refractivity contribution >= 4 is 5.97 Å². The lowest BCUT2D eigenvalue weighted by atomic mass is 10.0. The van der Waals surface area contributed by atoms with E-state index in [9.17, 15) is 9.90 Å². The van der Waals surface area contributed by atoms with Gasteiger partial charge in [0.15, 0.2) is 17.6 Å². The first-order valence-corrected chi connectivity index (χ1v) is 5.32. The molecule has 1 aromatic rings. The van der Waals surface area contributed by atoms with Crippen LogP contribution in [0.5, 0.6) is 17.2 Å². The number of ether oxygens (including phenoxy) is 4. The molecule has 18 heavy (non-hydrogen) atoms. The summed E-state index contributed by atoms with van der Waals surface area (Å²) >= 11 is 0. The molecule has 1 aliphatic heterocycles. The third-order valence-electron chi connectivity index (χ3n) is 2.83. The molecule has 0 aliphatic carbocycles. The minimum atomic E-state index is -0.693. The molecule has 6 nitrogen and oxygen atoms in total. The Hall–Kier alpha value is -1.95. The third kappa shape index (κ3) is 1.65. The van der Waals surface area contributed by atoms with Crippen molar-refractivity contribution < 1.29 is 28.8 Å². The largest absolute Gasteiger partial charge is 0.493 e. The zero-order valence-electron chi connectivity index (χ0n) is 10.4. The molecule has 1 atom stereocenters. The smallest absolute Gasteiger partial charge is 0.343 e. The topological polar surface area (TPSA) is 74.2 Å². The number of methoxy groups -OCH3 is 3. The van der Waals surface area contributed by atoms with E-state index in [0.717, 1.165) is 0 Å². The Morgan fingerprint density at radius 1 is 1.22 bits per heavy atom. The summed E-state index contributed by atoms with van der Waals surface area (Å²) in [5.74, 6) is 0.466. The van der Waals surface area contributed by atoms with Crippen LogP contribution in [0.2, 0.25) is 0 Å². The van der Waals surface area contributed by atoms with Gasteiger partial charge in [-0.2, -0.15) is 0 Å². The van der Waals surface area contributed by atoms with E-state index in [0.29, 0.717) is 17.1 Å². The van der Waals surface area contributed by atoms with E-state index in [4.69, 9.17) is 18.9 Å². The molecule has 0 bridgehead atoms. The molecular weight excluding hydrogens is 240 g/mol. The van der Waals surface area contributed by atoms with Crippen LogP contribution in [0.15, 0.2) is 6.07 Å². The SMILES string of the molecule is COc1cc2c(c(OC)c1OC)C(=O)OC2CO. The molecule has 6 heteroatoms. The molecule has 1 unspecified atom stereocenters. The van der Waals surface area contributed by atoms with Crippen LogP contribution in [0.25, 0.3) is 0 Å². The van der Waals surface area contributed by atoms with Gasteiger partial charge in [-0.25, -0.2) is 4.79 Å². The maximum absolute atomic E-state index is 11.8. The number of rotatable bonds is 4. The summed E-state index contributed by atoms with van der Waals surface area (Å²) in [6.07, 6.45) is -0.693. The predicted molar refractivity (Wildman–Crippen MR) is 61.3 cm³/mol. The van der Waals surface area contributed by atoms with Gasteiger partial charge in [0.1, 0.15) is 5.56 Å². The number of hydrogen-bond acceptors (Lipinski definition) is 6. The highest BCUT2D eigenvalue weighted by Crippen LogP contribution is 2.47. The molecule has 2 rings (SSSR count). The minimum Gasteiger partial charge on any atom is -0.493 e. The molecule has 1 aromatic carbocycles. The van der Waals surface area contributed by atoms with Crippen molar-refractivity contribution in [1.29, 1.82) is 0 Å².